The van der Waals surface area contributed by atoms with E-state index in [2.05, 4.69) is 0 Å². The zero-order valence-corrected chi connectivity index (χ0v) is 14.3. The van der Waals surface area contributed by atoms with Crippen LogP contribution in [0.4, 0.5) is 8.78 Å². The molecule has 0 saturated carbocycles. The molecule has 2 amide bonds. The molecule has 0 aromatic heterocycles. The average Bonchev–Trinajstić information content (AvgIpc) is 2.99. The maximum absolute atomic E-state index is 13.7. The zero-order chi connectivity index (χ0) is 17.8. The van der Waals surface area contributed by atoms with E-state index >= 15 is 0 Å². The topological polar surface area (TPSA) is 40.6 Å². The van der Waals surface area contributed by atoms with Gasteiger partial charge >= 0.3 is 0 Å². The van der Waals surface area contributed by atoms with Crippen molar-refractivity contribution in [3.8, 4) is 0 Å². The van der Waals surface area contributed by atoms with Gasteiger partial charge in [-0.15, -0.1) is 0 Å². The van der Waals surface area contributed by atoms with E-state index in [0.29, 0.717) is 38.9 Å². The van der Waals surface area contributed by atoms with E-state index in [1.54, 1.807) is 9.80 Å². The summed E-state index contributed by atoms with van der Waals surface area (Å²) in [4.78, 5) is 27.5. The molecule has 136 valence electrons. The summed E-state index contributed by atoms with van der Waals surface area (Å²) >= 11 is 0. The summed E-state index contributed by atoms with van der Waals surface area (Å²) in [5.74, 6) is -0.729. The first-order valence-corrected chi connectivity index (χ1v) is 9.03. The van der Waals surface area contributed by atoms with Crippen molar-refractivity contribution in [1.29, 1.82) is 0 Å². The number of piperidine rings is 1. The zero-order valence-electron chi connectivity index (χ0n) is 14.3. The molecule has 0 spiro atoms. The standard InChI is InChI=1S/C19H24F2N2O2/c20-16-5-1-6-17(21)15(16)9-8-14-4-2-10-22(12-14)19(25)13-23-11-3-7-18(23)24/h1,5-6,14H,2-4,7-13H2/t14-/m1/s1. The molecule has 0 radical (unpaired) electrons. The van der Waals surface area contributed by atoms with Gasteiger partial charge in [-0.05, 0) is 50.2 Å². The number of benzene rings is 1. The largest absolute Gasteiger partial charge is 0.341 e. The molecule has 2 saturated heterocycles. The van der Waals surface area contributed by atoms with Crippen LogP contribution >= 0.6 is 0 Å². The molecule has 0 aliphatic carbocycles. The van der Waals surface area contributed by atoms with E-state index in [9.17, 15) is 18.4 Å². The van der Waals surface area contributed by atoms with Crippen molar-refractivity contribution >= 4 is 11.8 Å². The van der Waals surface area contributed by atoms with Gasteiger partial charge in [-0.1, -0.05) is 6.07 Å². The Morgan fingerprint density at radius 2 is 1.92 bits per heavy atom. The first-order chi connectivity index (χ1) is 12.0. The molecule has 2 aliphatic heterocycles. The number of amides is 2. The van der Waals surface area contributed by atoms with Gasteiger partial charge in [-0.25, -0.2) is 8.78 Å². The second-order valence-electron chi connectivity index (χ2n) is 7.01. The molecule has 1 aromatic carbocycles. The summed E-state index contributed by atoms with van der Waals surface area (Å²) in [7, 11) is 0. The van der Waals surface area contributed by atoms with Crippen LogP contribution in [0.25, 0.3) is 0 Å². The molecule has 0 bridgehead atoms. The number of halogens is 2. The number of rotatable bonds is 5. The monoisotopic (exact) mass is 350 g/mol. The predicted octanol–water partition coefficient (Wildman–Crippen LogP) is 2.76. The van der Waals surface area contributed by atoms with E-state index in [0.717, 1.165) is 19.3 Å². The van der Waals surface area contributed by atoms with Crippen LogP contribution in [0.2, 0.25) is 0 Å². The molecule has 1 aromatic rings. The third-order valence-corrected chi connectivity index (χ3v) is 5.23. The number of nitrogens with zero attached hydrogens (tertiary/aromatic N) is 2. The van der Waals surface area contributed by atoms with Gasteiger partial charge in [-0.3, -0.25) is 9.59 Å². The lowest BCUT2D eigenvalue weighted by Gasteiger charge is -2.34. The third kappa shape index (κ3) is 4.35. The van der Waals surface area contributed by atoms with E-state index in [1.165, 1.54) is 18.2 Å². The average molecular weight is 350 g/mol. The molecule has 1 atom stereocenters. The SMILES string of the molecule is O=C1CCCN1CC(=O)N1CCC[C@H](CCc2c(F)cccc2F)C1. The first kappa shape index (κ1) is 17.8. The van der Waals surface area contributed by atoms with Gasteiger partial charge in [0, 0.05) is 31.6 Å². The smallest absolute Gasteiger partial charge is 0.242 e. The lowest BCUT2D eigenvalue weighted by molar-refractivity contribution is -0.139. The van der Waals surface area contributed by atoms with Crippen LogP contribution in [0.15, 0.2) is 18.2 Å². The van der Waals surface area contributed by atoms with Crippen LogP contribution in [0.3, 0.4) is 0 Å². The van der Waals surface area contributed by atoms with Crippen molar-refractivity contribution in [1.82, 2.24) is 9.80 Å². The number of hydrogen-bond donors (Lipinski definition) is 0. The summed E-state index contributed by atoms with van der Waals surface area (Å²) in [5, 5.41) is 0. The summed E-state index contributed by atoms with van der Waals surface area (Å²) in [6.45, 7) is 2.13. The molecule has 3 rings (SSSR count). The Labute approximate surface area is 146 Å². The molecule has 2 heterocycles. The fourth-order valence-electron chi connectivity index (χ4n) is 3.78. The highest BCUT2D eigenvalue weighted by atomic mass is 19.1. The number of carbonyl (C=O) groups is 2. The number of carbonyl (C=O) groups excluding carboxylic acids is 2. The van der Waals surface area contributed by atoms with E-state index in [4.69, 9.17) is 0 Å². The van der Waals surface area contributed by atoms with Crippen LogP contribution in [0.1, 0.15) is 37.7 Å². The Kier molecular flexibility index (Phi) is 5.66. The normalized spacial score (nSPS) is 21.0. The molecule has 2 aliphatic rings. The first-order valence-electron chi connectivity index (χ1n) is 9.03. The Balaban J connectivity index is 1.52. The van der Waals surface area contributed by atoms with Crippen molar-refractivity contribution in [2.75, 3.05) is 26.2 Å². The van der Waals surface area contributed by atoms with Crippen molar-refractivity contribution in [3.63, 3.8) is 0 Å². The van der Waals surface area contributed by atoms with Crippen LogP contribution in [0, 0.1) is 17.6 Å². The second-order valence-corrected chi connectivity index (χ2v) is 7.01. The van der Waals surface area contributed by atoms with Crippen molar-refractivity contribution < 1.29 is 18.4 Å². The minimum Gasteiger partial charge on any atom is -0.341 e. The van der Waals surface area contributed by atoms with Gasteiger partial charge in [0.2, 0.25) is 11.8 Å². The highest BCUT2D eigenvalue weighted by Gasteiger charge is 2.28. The van der Waals surface area contributed by atoms with Crippen molar-refractivity contribution in [3.05, 3.63) is 35.4 Å². The molecule has 2 fully saturated rings. The number of hydrogen-bond acceptors (Lipinski definition) is 2. The van der Waals surface area contributed by atoms with E-state index in [-0.39, 0.29) is 29.8 Å². The van der Waals surface area contributed by atoms with Crippen molar-refractivity contribution in [2.45, 2.75) is 38.5 Å². The molecular weight excluding hydrogens is 326 g/mol. The molecule has 4 nitrogen and oxygen atoms in total. The van der Waals surface area contributed by atoms with Gasteiger partial charge < -0.3 is 9.80 Å². The number of likely N-dealkylation sites (tertiary alicyclic amines) is 2. The molecule has 0 N–H and O–H groups in total. The Bertz CT molecular complexity index is 630. The van der Waals surface area contributed by atoms with Crippen LogP contribution < -0.4 is 0 Å². The van der Waals surface area contributed by atoms with Gasteiger partial charge in [0.25, 0.3) is 0 Å². The van der Waals surface area contributed by atoms with Crippen LogP contribution in [-0.4, -0.2) is 47.8 Å². The lowest BCUT2D eigenvalue weighted by atomic mass is 9.91. The minimum absolute atomic E-state index is 0.0166. The van der Waals surface area contributed by atoms with Crippen molar-refractivity contribution in [2.24, 2.45) is 5.92 Å². The van der Waals surface area contributed by atoms with E-state index < -0.39 is 11.6 Å². The van der Waals surface area contributed by atoms with Crippen LogP contribution in [-0.2, 0) is 16.0 Å². The highest BCUT2D eigenvalue weighted by Crippen LogP contribution is 2.24. The minimum atomic E-state index is -0.503. The fourth-order valence-corrected chi connectivity index (χ4v) is 3.78. The molecule has 0 unspecified atom stereocenters. The summed E-state index contributed by atoms with van der Waals surface area (Å²) in [6.07, 6.45) is 4.21. The van der Waals surface area contributed by atoms with Crippen LogP contribution in [0.5, 0.6) is 0 Å². The molecule has 25 heavy (non-hydrogen) atoms. The summed E-state index contributed by atoms with van der Waals surface area (Å²) < 4.78 is 27.5. The van der Waals surface area contributed by atoms with Gasteiger partial charge in [-0.2, -0.15) is 0 Å². The second kappa shape index (κ2) is 7.93. The van der Waals surface area contributed by atoms with Gasteiger partial charge in [0.15, 0.2) is 0 Å². The lowest BCUT2D eigenvalue weighted by Crippen LogP contribution is -2.45. The predicted molar refractivity (Wildman–Crippen MR) is 89.8 cm³/mol. The van der Waals surface area contributed by atoms with E-state index in [1.807, 2.05) is 0 Å². The summed E-state index contributed by atoms with van der Waals surface area (Å²) in [5.41, 5.74) is 0.133. The Morgan fingerprint density at radius 1 is 1.16 bits per heavy atom. The highest BCUT2D eigenvalue weighted by molar-refractivity contribution is 5.85. The Hall–Kier alpha value is -1.98. The fraction of sp³-hybridized carbons (Fsp3) is 0.579. The maximum Gasteiger partial charge on any atom is 0.242 e. The quantitative estimate of drug-likeness (QED) is 0.819. The third-order valence-electron chi connectivity index (χ3n) is 5.23. The maximum atomic E-state index is 13.7. The van der Waals surface area contributed by atoms with Gasteiger partial charge in [0.1, 0.15) is 11.6 Å². The molecule has 6 heteroatoms. The summed E-state index contributed by atoms with van der Waals surface area (Å²) in [6, 6.07) is 3.93. The Morgan fingerprint density at radius 3 is 2.60 bits per heavy atom. The van der Waals surface area contributed by atoms with Gasteiger partial charge in [0.05, 0.1) is 6.54 Å². The molecular formula is C19H24F2N2O2.